The molecule has 1 rings (SSSR count). The number of nitrogens with one attached hydrogen (secondary N) is 1. The van der Waals surface area contributed by atoms with E-state index in [1.54, 1.807) is 0 Å². The molecule has 0 aliphatic carbocycles. The molecule has 13 heavy (non-hydrogen) atoms. The van der Waals surface area contributed by atoms with Crippen molar-refractivity contribution < 1.29 is 0 Å². The van der Waals surface area contributed by atoms with E-state index in [-0.39, 0.29) is 12.4 Å². The van der Waals surface area contributed by atoms with Gasteiger partial charge < -0.3 is 5.32 Å². The van der Waals surface area contributed by atoms with E-state index in [0.717, 1.165) is 19.5 Å². The summed E-state index contributed by atoms with van der Waals surface area (Å²) in [7, 11) is -1.16. The van der Waals surface area contributed by atoms with Crippen LogP contribution in [0.4, 0.5) is 0 Å². The summed E-state index contributed by atoms with van der Waals surface area (Å²) < 4.78 is 0. The van der Waals surface area contributed by atoms with Gasteiger partial charge in [-0.1, -0.05) is 31.6 Å². The van der Waals surface area contributed by atoms with Crippen molar-refractivity contribution >= 4 is 20.5 Å². The zero-order chi connectivity index (χ0) is 9.03. The van der Waals surface area contributed by atoms with Crippen LogP contribution in [0.2, 0.25) is 19.6 Å². The molecular formula is C10H18ClNSi. The smallest absolute Gasteiger partial charge is 0.129 e. The van der Waals surface area contributed by atoms with Gasteiger partial charge in [0.15, 0.2) is 0 Å². The average Bonchev–Trinajstić information content (AvgIpc) is 2.02. The lowest BCUT2D eigenvalue weighted by Gasteiger charge is -2.09. The molecule has 0 spiro atoms. The average molecular weight is 216 g/mol. The zero-order valence-electron chi connectivity index (χ0n) is 8.61. The third kappa shape index (κ3) is 5.92. The van der Waals surface area contributed by atoms with Crippen molar-refractivity contribution in [1.29, 1.82) is 0 Å². The highest BCUT2D eigenvalue weighted by molar-refractivity contribution is 6.83. The molecule has 0 saturated heterocycles. The van der Waals surface area contributed by atoms with Gasteiger partial charge in [0, 0.05) is 13.1 Å². The SMILES string of the molecule is C[Si](C)(C)C#CC1=CCNCC1.Cl. The van der Waals surface area contributed by atoms with E-state index in [0.29, 0.717) is 0 Å². The second kappa shape index (κ2) is 5.49. The summed E-state index contributed by atoms with van der Waals surface area (Å²) in [5.74, 6) is 3.29. The van der Waals surface area contributed by atoms with Crippen molar-refractivity contribution in [2.45, 2.75) is 26.1 Å². The Kier molecular flexibility index (Phi) is 5.39. The van der Waals surface area contributed by atoms with Crippen molar-refractivity contribution in [3.63, 3.8) is 0 Å². The highest BCUT2D eigenvalue weighted by atomic mass is 35.5. The van der Waals surface area contributed by atoms with Crippen molar-refractivity contribution in [3.8, 4) is 11.5 Å². The Morgan fingerprint density at radius 3 is 2.54 bits per heavy atom. The normalized spacial score (nSPS) is 16.4. The van der Waals surface area contributed by atoms with Gasteiger partial charge in [-0.3, -0.25) is 0 Å². The van der Waals surface area contributed by atoms with E-state index in [2.05, 4.69) is 42.5 Å². The molecule has 0 amide bonds. The first-order chi connectivity index (χ1) is 5.58. The lowest BCUT2D eigenvalue weighted by molar-refractivity contribution is 0.715. The molecule has 0 radical (unpaired) electrons. The predicted octanol–water partition coefficient (Wildman–Crippen LogP) is 2.21. The van der Waals surface area contributed by atoms with Crippen molar-refractivity contribution in [2.75, 3.05) is 13.1 Å². The summed E-state index contributed by atoms with van der Waals surface area (Å²) in [6.07, 6.45) is 3.31. The molecule has 0 aromatic heterocycles. The monoisotopic (exact) mass is 215 g/mol. The Hall–Kier alpha value is -0.233. The molecule has 1 heterocycles. The van der Waals surface area contributed by atoms with Gasteiger partial charge in [0.25, 0.3) is 0 Å². The first-order valence-electron chi connectivity index (χ1n) is 4.51. The highest BCUT2D eigenvalue weighted by Crippen LogP contribution is 2.04. The highest BCUT2D eigenvalue weighted by Gasteiger charge is 2.08. The molecule has 0 bridgehead atoms. The largest absolute Gasteiger partial charge is 0.313 e. The lowest BCUT2D eigenvalue weighted by atomic mass is 10.1. The molecule has 74 valence electrons. The number of hydrogen-bond donors (Lipinski definition) is 1. The van der Waals surface area contributed by atoms with Crippen LogP contribution in [0.25, 0.3) is 0 Å². The molecule has 0 aromatic carbocycles. The van der Waals surface area contributed by atoms with Crippen LogP contribution in [0, 0.1) is 11.5 Å². The predicted molar refractivity (Wildman–Crippen MR) is 63.9 cm³/mol. The van der Waals surface area contributed by atoms with Crippen molar-refractivity contribution in [1.82, 2.24) is 5.32 Å². The second-order valence-corrected chi connectivity index (χ2v) is 8.93. The van der Waals surface area contributed by atoms with E-state index in [1.807, 2.05) is 0 Å². The summed E-state index contributed by atoms with van der Waals surface area (Å²) >= 11 is 0. The van der Waals surface area contributed by atoms with Gasteiger partial charge in [-0.25, -0.2) is 0 Å². The molecule has 0 aromatic rings. The topological polar surface area (TPSA) is 12.0 Å². The van der Waals surface area contributed by atoms with E-state index < -0.39 is 8.07 Å². The third-order valence-corrected chi connectivity index (χ3v) is 2.54. The maximum absolute atomic E-state index is 3.38. The summed E-state index contributed by atoms with van der Waals surface area (Å²) in [5, 5.41) is 3.28. The molecular weight excluding hydrogens is 198 g/mol. The fourth-order valence-corrected chi connectivity index (χ4v) is 1.54. The second-order valence-electron chi connectivity index (χ2n) is 4.18. The Labute approximate surface area is 88.4 Å². The van der Waals surface area contributed by atoms with Gasteiger partial charge in [-0.15, -0.1) is 18.0 Å². The number of halogens is 1. The number of rotatable bonds is 0. The first-order valence-corrected chi connectivity index (χ1v) is 8.01. The van der Waals surface area contributed by atoms with Gasteiger partial charge in [-0.2, -0.15) is 0 Å². The zero-order valence-corrected chi connectivity index (χ0v) is 10.4. The van der Waals surface area contributed by atoms with E-state index in [4.69, 9.17) is 0 Å². The minimum absolute atomic E-state index is 0. The summed E-state index contributed by atoms with van der Waals surface area (Å²) in [6, 6.07) is 0. The minimum atomic E-state index is -1.16. The van der Waals surface area contributed by atoms with Crippen LogP contribution in [0.3, 0.4) is 0 Å². The van der Waals surface area contributed by atoms with Crippen LogP contribution in [-0.2, 0) is 0 Å². The molecule has 1 aliphatic heterocycles. The Morgan fingerprint density at radius 2 is 2.08 bits per heavy atom. The Balaban J connectivity index is 0.00000144. The van der Waals surface area contributed by atoms with Crippen molar-refractivity contribution in [3.05, 3.63) is 11.6 Å². The van der Waals surface area contributed by atoms with Crippen LogP contribution >= 0.6 is 12.4 Å². The quantitative estimate of drug-likeness (QED) is 0.483. The summed E-state index contributed by atoms with van der Waals surface area (Å²) in [6.45, 7) is 8.92. The van der Waals surface area contributed by atoms with Crippen LogP contribution < -0.4 is 5.32 Å². The Morgan fingerprint density at radius 1 is 1.38 bits per heavy atom. The van der Waals surface area contributed by atoms with Gasteiger partial charge in [-0.05, 0) is 12.0 Å². The van der Waals surface area contributed by atoms with Gasteiger partial charge in [0.2, 0.25) is 0 Å². The molecule has 0 saturated carbocycles. The van der Waals surface area contributed by atoms with Gasteiger partial charge >= 0.3 is 0 Å². The maximum Gasteiger partial charge on any atom is 0.129 e. The molecule has 0 unspecified atom stereocenters. The first kappa shape index (κ1) is 12.8. The summed E-state index contributed by atoms with van der Waals surface area (Å²) in [4.78, 5) is 0. The lowest BCUT2D eigenvalue weighted by Crippen LogP contribution is -2.21. The fraction of sp³-hybridized carbons (Fsp3) is 0.600. The van der Waals surface area contributed by atoms with Crippen LogP contribution in [0.5, 0.6) is 0 Å². The molecule has 1 nitrogen and oxygen atoms in total. The van der Waals surface area contributed by atoms with E-state index >= 15 is 0 Å². The Bertz CT molecular complexity index is 242. The van der Waals surface area contributed by atoms with Crippen molar-refractivity contribution in [2.24, 2.45) is 0 Å². The number of hydrogen-bond acceptors (Lipinski definition) is 1. The van der Waals surface area contributed by atoms with Crippen LogP contribution in [0.15, 0.2) is 11.6 Å². The fourth-order valence-electron chi connectivity index (χ4n) is 1.00. The molecule has 0 fully saturated rings. The molecule has 3 heteroatoms. The standard InChI is InChI=1S/C10H17NSi.ClH/c1-12(2,3)9-6-10-4-7-11-8-5-10;/h4,11H,5,7-8H2,1-3H3;1H. The van der Waals surface area contributed by atoms with E-state index in [9.17, 15) is 0 Å². The maximum atomic E-state index is 3.38. The van der Waals surface area contributed by atoms with Gasteiger partial charge in [0.1, 0.15) is 8.07 Å². The van der Waals surface area contributed by atoms with Crippen LogP contribution in [-0.4, -0.2) is 21.2 Å². The van der Waals surface area contributed by atoms with Gasteiger partial charge in [0.05, 0.1) is 0 Å². The third-order valence-electron chi connectivity index (χ3n) is 1.66. The minimum Gasteiger partial charge on any atom is -0.313 e. The summed E-state index contributed by atoms with van der Waals surface area (Å²) in [5.41, 5.74) is 4.71. The molecule has 1 N–H and O–H groups in total. The van der Waals surface area contributed by atoms with E-state index in [1.165, 1.54) is 5.57 Å². The molecule has 1 aliphatic rings. The van der Waals surface area contributed by atoms with Crippen LogP contribution in [0.1, 0.15) is 6.42 Å². The molecule has 0 atom stereocenters.